The molecular weight excluding hydrogens is 314 g/mol. The second kappa shape index (κ2) is 7.71. The molecule has 0 bridgehead atoms. The molecule has 25 heavy (non-hydrogen) atoms. The standard InChI is InChI=1S/C21H21NO3/c1-24-19-13-17-10-12-22(11-6-9-16-7-4-3-5-8-16)21(23)15-18(17)14-20(19)25-2/h3-10,12-14H,11,15H2,1-2H3. The molecule has 0 saturated carbocycles. The number of carbonyl (C=O) groups is 1. The van der Waals surface area contributed by atoms with Gasteiger partial charge in [-0.1, -0.05) is 42.5 Å². The van der Waals surface area contributed by atoms with Gasteiger partial charge in [-0.15, -0.1) is 0 Å². The summed E-state index contributed by atoms with van der Waals surface area (Å²) in [6.07, 6.45) is 8.12. The number of ether oxygens (including phenoxy) is 2. The van der Waals surface area contributed by atoms with Gasteiger partial charge in [0, 0.05) is 12.7 Å². The summed E-state index contributed by atoms with van der Waals surface area (Å²) in [6, 6.07) is 13.8. The van der Waals surface area contributed by atoms with Crippen LogP contribution in [-0.2, 0) is 11.2 Å². The minimum atomic E-state index is 0.0555. The van der Waals surface area contributed by atoms with Gasteiger partial charge >= 0.3 is 0 Å². The molecule has 0 spiro atoms. The zero-order valence-corrected chi connectivity index (χ0v) is 14.4. The van der Waals surface area contributed by atoms with Crippen LogP contribution in [0.1, 0.15) is 16.7 Å². The lowest BCUT2D eigenvalue weighted by Crippen LogP contribution is -2.26. The summed E-state index contributed by atoms with van der Waals surface area (Å²) >= 11 is 0. The predicted octanol–water partition coefficient (Wildman–Crippen LogP) is 3.77. The Morgan fingerprint density at radius 2 is 1.80 bits per heavy atom. The minimum Gasteiger partial charge on any atom is -0.493 e. The predicted molar refractivity (Wildman–Crippen MR) is 99.5 cm³/mol. The van der Waals surface area contributed by atoms with Gasteiger partial charge in [0.1, 0.15) is 0 Å². The Balaban J connectivity index is 1.77. The first-order valence-corrected chi connectivity index (χ1v) is 8.15. The fraction of sp³-hybridized carbons (Fsp3) is 0.190. The number of nitrogens with zero attached hydrogens (tertiary/aromatic N) is 1. The van der Waals surface area contributed by atoms with E-state index in [1.807, 2.05) is 66.9 Å². The first-order valence-electron chi connectivity index (χ1n) is 8.15. The summed E-state index contributed by atoms with van der Waals surface area (Å²) in [7, 11) is 3.20. The van der Waals surface area contributed by atoms with Crippen LogP contribution in [0.15, 0.2) is 54.7 Å². The SMILES string of the molecule is COc1cc2c(cc1OC)CC(=O)N(CC=Cc1ccccc1)C=C2. The van der Waals surface area contributed by atoms with Crippen LogP contribution in [0.5, 0.6) is 11.5 Å². The Kier molecular flexibility index (Phi) is 5.19. The molecule has 3 rings (SSSR count). The van der Waals surface area contributed by atoms with Gasteiger partial charge in [0.2, 0.25) is 5.91 Å². The van der Waals surface area contributed by atoms with E-state index >= 15 is 0 Å². The van der Waals surface area contributed by atoms with Gasteiger partial charge in [0.25, 0.3) is 0 Å². The number of fused-ring (bicyclic) bond motifs is 1. The third-order valence-electron chi connectivity index (χ3n) is 4.15. The van der Waals surface area contributed by atoms with Crippen LogP contribution in [0.2, 0.25) is 0 Å². The van der Waals surface area contributed by atoms with E-state index in [-0.39, 0.29) is 5.91 Å². The van der Waals surface area contributed by atoms with Crippen molar-refractivity contribution in [1.82, 2.24) is 4.90 Å². The van der Waals surface area contributed by atoms with Gasteiger partial charge in [0.15, 0.2) is 11.5 Å². The average Bonchev–Trinajstić information content (AvgIpc) is 2.79. The molecule has 4 nitrogen and oxygen atoms in total. The van der Waals surface area contributed by atoms with Crippen molar-refractivity contribution in [3.8, 4) is 11.5 Å². The largest absolute Gasteiger partial charge is 0.493 e. The summed E-state index contributed by atoms with van der Waals surface area (Å²) in [4.78, 5) is 14.3. The summed E-state index contributed by atoms with van der Waals surface area (Å²) in [5, 5.41) is 0. The number of hydrogen-bond acceptors (Lipinski definition) is 3. The second-order valence-electron chi connectivity index (χ2n) is 5.76. The summed E-state index contributed by atoms with van der Waals surface area (Å²) < 4.78 is 10.7. The van der Waals surface area contributed by atoms with Crippen LogP contribution in [0.4, 0.5) is 0 Å². The first kappa shape index (κ1) is 16.8. The van der Waals surface area contributed by atoms with Crippen LogP contribution in [0, 0.1) is 0 Å². The Morgan fingerprint density at radius 1 is 1.08 bits per heavy atom. The van der Waals surface area contributed by atoms with Crippen molar-refractivity contribution in [3.63, 3.8) is 0 Å². The molecule has 128 valence electrons. The molecule has 0 N–H and O–H groups in total. The topological polar surface area (TPSA) is 38.8 Å². The molecule has 0 unspecified atom stereocenters. The number of rotatable bonds is 5. The number of amides is 1. The van der Waals surface area contributed by atoms with E-state index in [4.69, 9.17) is 9.47 Å². The maximum Gasteiger partial charge on any atom is 0.231 e. The maximum absolute atomic E-state index is 12.5. The van der Waals surface area contributed by atoms with Gasteiger partial charge in [-0.3, -0.25) is 4.79 Å². The Bertz CT molecular complexity index is 809. The quantitative estimate of drug-likeness (QED) is 0.835. The van der Waals surface area contributed by atoms with E-state index in [9.17, 15) is 4.79 Å². The van der Waals surface area contributed by atoms with Gasteiger partial charge < -0.3 is 14.4 Å². The van der Waals surface area contributed by atoms with Gasteiger partial charge in [0.05, 0.1) is 20.6 Å². The van der Waals surface area contributed by atoms with Crippen molar-refractivity contribution < 1.29 is 14.3 Å². The van der Waals surface area contributed by atoms with E-state index in [0.717, 1.165) is 16.7 Å². The minimum absolute atomic E-state index is 0.0555. The third-order valence-corrected chi connectivity index (χ3v) is 4.15. The molecule has 0 atom stereocenters. The van der Waals surface area contributed by atoms with Crippen molar-refractivity contribution in [2.45, 2.75) is 6.42 Å². The molecule has 1 aliphatic rings. The van der Waals surface area contributed by atoms with E-state index in [0.29, 0.717) is 24.5 Å². The van der Waals surface area contributed by atoms with Crippen LogP contribution >= 0.6 is 0 Å². The molecule has 1 amide bonds. The van der Waals surface area contributed by atoms with Crippen LogP contribution in [0.3, 0.4) is 0 Å². The Labute approximate surface area is 148 Å². The molecule has 2 aromatic carbocycles. The molecule has 0 saturated heterocycles. The average molecular weight is 335 g/mol. The lowest BCUT2D eigenvalue weighted by molar-refractivity contribution is -0.127. The van der Waals surface area contributed by atoms with Crippen LogP contribution in [-0.4, -0.2) is 31.6 Å². The normalized spacial score (nSPS) is 13.7. The van der Waals surface area contributed by atoms with E-state index in [1.165, 1.54) is 0 Å². The molecule has 1 heterocycles. The monoisotopic (exact) mass is 335 g/mol. The zero-order valence-electron chi connectivity index (χ0n) is 14.4. The van der Waals surface area contributed by atoms with E-state index in [1.54, 1.807) is 19.1 Å². The zero-order chi connectivity index (χ0) is 17.6. The van der Waals surface area contributed by atoms with Crippen molar-refractivity contribution >= 4 is 18.1 Å². The molecule has 4 heteroatoms. The van der Waals surface area contributed by atoms with Crippen molar-refractivity contribution in [2.75, 3.05) is 20.8 Å². The maximum atomic E-state index is 12.5. The molecule has 1 aliphatic heterocycles. The molecule has 0 aromatic heterocycles. The lowest BCUT2D eigenvalue weighted by Gasteiger charge is -2.15. The van der Waals surface area contributed by atoms with Crippen molar-refractivity contribution in [1.29, 1.82) is 0 Å². The lowest BCUT2D eigenvalue weighted by atomic mass is 10.0. The number of carbonyl (C=O) groups excluding carboxylic acids is 1. The molecular formula is C21H21NO3. The third kappa shape index (κ3) is 3.91. The summed E-state index contributed by atoms with van der Waals surface area (Å²) in [5.41, 5.74) is 3.03. The van der Waals surface area contributed by atoms with Crippen molar-refractivity contribution in [2.24, 2.45) is 0 Å². The fourth-order valence-corrected chi connectivity index (χ4v) is 2.79. The van der Waals surface area contributed by atoms with Crippen molar-refractivity contribution in [3.05, 3.63) is 71.4 Å². The molecule has 0 radical (unpaired) electrons. The number of benzene rings is 2. The Hall–Kier alpha value is -3.01. The van der Waals surface area contributed by atoms with Gasteiger partial charge in [-0.05, 0) is 34.9 Å². The molecule has 2 aromatic rings. The van der Waals surface area contributed by atoms with E-state index in [2.05, 4.69) is 0 Å². The highest BCUT2D eigenvalue weighted by Gasteiger charge is 2.18. The summed E-state index contributed by atoms with van der Waals surface area (Å²) in [5.74, 6) is 1.36. The second-order valence-corrected chi connectivity index (χ2v) is 5.76. The van der Waals surface area contributed by atoms with Gasteiger partial charge in [-0.25, -0.2) is 0 Å². The van der Waals surface area contributed by atoms with E-state index < -0.39 is 0 Å². The summed E-state index contributed by atoms with van der Waals surface area (Å²) in [6.45, 7) is 0.534. The first-order chi connectivity index (χ1) is 12.2. The van der Waals surface area contributed by atoms with Crippen LogP contribution in [0.25, 0.3) is 12.2 Å². The fourth-order valence-electron chi connectivity index (χ4n) is 2.79. The molecule has 0 fully saturated rings. The van der Waals surface area contributed by atoms with Gasteiger partial charge in [-0.2, -0.15) is 0 Å². The highest BCUT2D eigenvalue weighted by atomic mass is 16.5. The highest BCUT2D eigenvalue weighted by Crippen LogP contribution is 2.32. The smallest absolute Gasteiger partial charge is 0.231 e. The highest BCUT2D eigenvalue weighted by molar-refractivity contribution is 5.84. The Morgan fingerprint density at radius 3 is 2.52 bits per heavy atom. The van der Waals surface area contributed by atoms with Crippen LogP contribution < -0.4 is 9.47 Å². The molecule has 0 aliphatic carbocycles. The number of methoxy groups -OCH3 is 2. The number of hydrogen-bond donors (Lipinski definition) is 0.